The Morgan fingerprint density at radius 1 is 1.18 bits per heavy atom. The molecule has 1 saturated carbocycles. The second-order valence-corrected chi connectivity index (χ2v) is 6.56. The maximum absolute atomic E-state index is 10.9. The van der Waals surface area contributed by atoms with Crippen molar-refractivity contribution in [1.29, 1.82) is 0 Å². The molecule has 2 rings (SSSR count). The molecule has 3 N–H and O–H groups in total. The summed E-state index contributed by atoms with van der Waals surface area (Å²) in [7, 11) is 0. The van der Waals surface area contributed by atoms with Crippen molar-refractivity contribution >= 4 is 0 Å². The number of nitrogens with two attached hydrogens (primary N) is 1. The van der Waals surface area contributed by atoms with Crippen LogP contribution < -0.4 is 5.73 Å². The van der Waals surface area contributed by atoms with Gasteiger partial charge in [-0.05, 0) is 31.6 Å². The third-order valence-corrected chi connectivity index (χ3v) is 5.00. The first kappa shape index (κ1) is 13.3. The monoisotopic (exact) mass is 240 g/mol. The van der Waals surface area contributed by atoms with E-state index < -0.39 is 5.60 Å². The van der Waals surface area contributed by atoms with E-state index in [1.807, 2.05) is 0 Å². The number of rotatable bonds is 4. The second kappa shape index (κ2) is 4.87. The predicted molar refractivity (Wildman–Crippen MR) is 70.8 cm³/mol. The van der Waals surface area contributed by atoms with Crippen LogP contribution in [0.5, 0.6) is 0 Å². The normalized spacial score (nSPS) is 28.1. The Hall–Kier alpha value is -0.120. The van der Waals surface area contributed by atoms with Crippen LogP contribution in [0.2, 0.25) is 0 Å². The standard InChI is InChI=1S/C14H28N2O/c1-12(2)10-16-8-6-14(17,7-9-16)13(11-15)4-3-5-13/h12,17H,3-11,15H2,1-2H3. The van der Waals surface area contributed by atoms with E-state index in [0.29, 0.717) is 12.5 Å². The molecule has 100 valence electrons. The van der Waals surface area contributed by atoms with E-state index >= 15 is 0 Å². The Balaban J connectivity index is 1.92. The summed E-state index contributed by atoms with van der Waals surface area (Å²) in [4.78, 5) is 2.49. The number of nitrogens with zero attached hydrogens (tertiary/aromatic N) is 1. The average Bonchev–Trinajstić information content (AvgIpc) is 2.20. The highest BCUT2D eigenvalue weighted by atomic mass is 16.3. The summed E-state index contributed by atoms with van der Waals surface area (Å²) in [6.45, 7) is 8.41. The highest BCUT2D eigenvalue weighted by Gasteiger charge is 2.53. The molecule has 1 saturated heterocycles. The Morgan fingerprint density at radius 2 is 1.76 bits per heavy atom. The molecule has 0 aromatic heterocycles. The van der Waals surface area contributed by atoms with Crippen LogP contribution in [0, 0.1) is 11.3 Å². The van der Waals surface area contributed by atoms with E-state index in [1.165, 1.54) is 6.42 Å². The molecule has 0 spiro atoms. The highest BCUT2D eigenvalue weighted by Crippen LogP contribution is 2.52. The fourth-order valence-corrected chi connectivity index (χ4v) is 3.62. The molecule has 1 aliphatic carbocycles. The largest absolute Gasteiger partial charge is 0.389 e. The molecule has 1 heterocycles. The molecule has 0 atom stereocenters. The van der Waals surface area contributed by atoms with Gasteiger partial charge >= 0.3 is 0 Å². The number of likely N-dealkylation sites (tertiary alicyclic amines) is 1. The Morgan fingerprint density at radius 3 is 2.12 bits per heavy atom. The van der Waals surface area contributed by atoms with Crippen molar-refractivity contribution in [3.63, 3.8) is 0 Å². The second-order valence-electron chi connectivity index (χ2n) is 6.56. The summed E-state index contributed by atoms with van der Waals surface area (Å²) in [5.74, 6) is 0.716. The smallest absolute Gasteiger partial charge is 0.0740 e. The summed E-state index contributed by atoms with van der Waals surface area (Å²) < 4.78 is 0. The van der Waals surface area contributed by atoms with E-state index in [-0.39, 0.29) is 5.41 Å². The Kier molecular flexibility index (Phi) is 3.81. The highest BCUT2D eigenvalue weighted by molar-refractivity contribution is 5.06. The van der Waals surface area contributed by atoms with Crippen LogP contribution in [0.3, 0.4) is 0 Å². The van der Waals surface area contributed by atoms with Crippen molar-refractivity contribution in [2.24, 2.45) is 17.1 Å². The maximum Gasteiger partial charge on any atom is 0.0740 e. The summed E-state index contributed by atoms with van der Waals surface area (Å²) >= 11 is 0. The van der Waals surface area contributed by atoms with Gasteiger partial charge in [-0.2, -0.15) is 0 Å². The van der Waals surface area contributed by atoms with Crippen LogP contribution in [0.4, 0.5) is 0 Å². The lowest BCUT2D eigenvalue weighted by Gasteiger charge is -2.55. The van der Waals surface area contributed by atoms with Crippen LogP contribution in [-0.4, -0.2) is 41.8 Å². The van der Waals surface area contributed by atoms with Gasteiger partial charge in [-0.3, -0.25) is 0 Å². The summed E-state index contributed by atoms with van der Waals surface area (Å²) in [6.07, 6.45) is 5.33. The van der Waals surface area contributed by atoms with Gasteiger partial charge in [-0.25, -0.2) is 0 Å². The van der Waals surface area contributed by atoms with Gasteiger partial charge in [0.15, 0.2) is 0 Å². The lowest BCUT2D eigenvalue weighted by Crippen LogP contribution is -2.61. The lowest BCUT2D eigenvalue weighted by atomic mass is 9.56. The van der Waals surface area contributed by atoms with Gasteiger partial charge in [-0.1, -0.05) is 20.3 Å². The minimum absolute atomic E-state index is 0.0525. The molecule has 0 aromatic rings. The van der Waals surface area contributed by atoms with Crippen LogP contribution in [0.15, 0.2) is 0 Å². The van der Waals surface area contributed by atoms with E-state index in [1.54, 1.807) is 0 Å². The molecule has 0 bridgehead atoms. The summed E-state index contributed by atoms with van der Waals surface area (Å²) in [5, 5.41) is 10.9. The van der Waals surface area contributed by atoms with Crippen molar-refractivity contribution in [2.75, 3.05) is 26.2 Å². The van der Waals surface area contributed by atoms with Crippen molar-refractivity contribution in [1.82, 2.24) is 4.90 Å². The van der Waals surface area contributed by atoms with Gasteiger partial charge in [0.2, 0.25) is 0 Å². The SMILES string of the molecule is CC(C)CN1CCC(O)(C2(CN)CCC2)CC1. The van der Waals surface area contributed by atoms with Gasteiger partial charge in [0.25, 0.3) is 0 Å². The zero-order valence-corrected chi connectivity index (χ0v) is 11.4. The zero-order valence-electron chi connectivity index (χ0n) is 11.4. The van der Waals surface area contributed by atoms with Crippen molar-refractivity contribution in [3.8, 4) is 0 Å². The summed E-state index contributed by atoms with van der Waals surface area (Å²) in [6, 6.07) is 0. The van der Waals surface area contributed by atoms with Crippen LogP contribution >= 0.6 is 0 Å². The minimum Gasteiger partial charge on any atom is -0.389 e. The molecule has 2 aliphatic rings. The van der Waals surface area contributed by atoms with E-state index in [2.05, 4.69) is 18.7 Å². The van der Waals surface area contributed by atoms with E-state index in [0.717, 1.165) is 45.3 Å². The van der Waals surface area contributed by atoms with Crippen molar-refractivity contribution in [3.05, 3.63) is 0 Å². The van der Waals surface area contributed by atoms with Gasteiger partial charge in [0.05, 0.1) is 5.60 Å². The molecule has 0 radical (unpaired) electrons. The molecule has 3 nitrogen and oxygen atoms in total. The quantitative estimate of drug-likeness (QED) is 0.785. The number of hydrogen-bond donors (Lipinski definition) is 2. The first-order valence-corrected chi connectivity index (χ1v) is 7.16. The molecular weight excluding hydrogens is 212 g/mol. The van der Waals surface area contributed by atoms with Crippen LogP contribution in [0.1, 0.15) is 46.0 Å². The first-order valence-electron chi connectivity index (χ1n) is 7.16. The van der Waals surface area contributed by atoms with E-state index in [9.17, 15) is 5.11 Å². The molecule has 0 amide bonds. The maximum atomic E-state index is 10.9. The van der Waals surface area contributed by atoms with Crippen LogP contribution in [-0.2, 0) is 0 Å². The number of piperidine rings is 1. The first-order chi connectivity index (χ1) is 8.01. The predicted octanol–water partition coefficient (Wildman–Crippen LogP) is 1.60. The molecule has 17 heavy (non-hydrogen) atoms. The Bertz CT molecular complexity index is 247. The average molecular weight is 240 g/mol. The van der Waals surface area contributed by atoms with Gasteiger partial charge < -0.3 is 15.7 Å². The number of hydrogen-bond acceptors (Lipinski definition) is 3. The minimum atomic E-state index is -0.479. The van der Waals surface area contributed by atoms with Gasteiger partial charge in [-0.15, -0.1) is 0 Å². The van der Waals surface area contributed by atoms with Crippen LogP contribution in [0.25, 0.3) is 0 Å². The molecule has 1 aliphatic heterocycles. The summed E-state index contributed by atoms with van der Waals surface area (Å²) in [5.41, 5.74) is 5.50. The Labute approximate surface area is 105 Å². The number of aliphatic hydroxyl groups is 1. The fourth-order valence-electron chi connectivity index (χ4n) is 3.62. The third-order valence-electron chi connectivity index (χ3n) is 5.00. The lowest BCUT2D eigenvalue weighted by molar-refractivity contribution is -0.152. The van der Waals surface area contributed by atoms with Gasteiger partial charge in [0, 0.05) is 31.6 Å². The molecule has 3 heteroatoms. The molecule has 0 aromatic carbocycles. The van der Waals surface area contributed by atoms with E-state index in [4.69, 9.17) is 5.73 Å². The zero-order chi connectivity index (χ0) is 12.5. The topological polar surface area (TPSA) is 49.5 Å². The van der Waals surface area contributed by atoms with Crippen molar-refractivity contribution < 1.29 is 5.11 Å². The molecular formula is C14H28N2O. The van der Waals surface area contributed by atoms with Crippen molar-refractivity contribution in [2.45, 2.75) is 51.6 Å². The molecule has 0 unspecified atom stereocenters. The molecule has 2 fully saturated rings. The van der Waals surface area contributed by atoms with Gasteiger partial charge in [0.1, 0.15) is 0 Å². The third kappa shape index (κ3) is 2.38. The fraction of sp³-hybridized carbons (Fsp3) is 1.00.